The molecule has 0 amide bonds. The molecule has 0 aliphatic rings. The summed E-state index contributed by atoms with van der Waals surface area (Å²) in [6, 6.07) is 4.43. The van der Waals surface area contributed by atoms with Gasteiger partial charge >= 0.3 is 23.1 Å². The average Bonchev–Trinajstić information content (AvgIpc) is 1.82. The van der Waals surface area contributed by atoms with Crippen LogP contribution in [-0.2, 0) is 0 Å². The number of hydrogen-bond acceptors (Lipinski definition) is 0. The van der Waals surface area contributed by atoms with Crippen LogP contribution in [0.3, 0.4) is 0 Å². The predicted molar refractivity (Wildman–Crippen MR) is 61.3 cm³/mol. The second-order valence-corrected chi connectivity index (χ2v) is 3.79. The van der Waals surface area contributed by atoms with Gasteiger partial charge in [0.1, 0.15) is 0 Å². The van der Waals surface area contributed by atoms with Crippen LogP contribution in [0.4, 0.5) is 0 Å². The van der Waals surface area contributed by atoms with Crippen molar-refractivity contribution < 1.29 is 2.85 Å². The topological polar surface area (TPSA) is 0 Å². The van der Waals surface area contributed by atoms with Gasteiger partial charge in [-0.1, -0.05) is 17.7 Å². The maximum Gasteiger partial charge on any atom is 2.00 e. The zero-order chi connectivity index (χ0) is 7.72. The Kier molecular flexibility index (Phi) is 4.98. The molecule has 1 rings (SSSR count). The summed E-state index contributed by atoms with van der Waals surface area (Å²) in [4.78, 5) is 0. The van der Waals surface area contributed by atoms with Crippen LogP contribution in [0.2, 0.25) is 0 Å². The van der Waals surface area contributed by atoms with Gasteiger partial charge in [-0.3, -0.25) is 0 Å². The van der Waals surface area contributed by atoms with Gasteiger partial charge in [0, 0.05) is 3.57 Å². The normalized spacial score (nSPS) is 9.09. The van der Waals surface area contributed by atoms with Gasteiger partial charge in [-0.25, -0.2) is 0 Å². The fourth-order valence-corrected chi connectivity index (χ4v) is 1.47. The Morgan fingerprint density at radius 3 is 1.82 bits per heavy atom. The van der Waals surface area contributed by atoms with Crippen LogP contribution in [0.15, 0.2) is 12.1 Å². The smallest absolute Gasteiger partial charge is 1.00 e. The van der Waals surface area contributed by atoms with Gasteiger partial charge in [-0.15, -0.1) is 0 Å². The van der Waals surface area contributed by atoms with Gasteiger partial charge in [0.25, 0.3) is 0 Å². The van der Waals surface area contributed by atoms with E-state index in [9.17, 15) is 0 Å². The van der Waals surface area contributed by atoms with Crippen LogP contribution in [0.1, 0.15) is 19.5 Å². The van der Waals surface area contributed by atoms with Crippen molar-refractivity contribution in [1.82, 2.24) is 0 Å². The summed E-state index contributed by atoms with van der Waals surface area (Å²) in [5.41, 5.74) is 4.13. The SMILES string of the molecule is Cc1cc(C)c(I)c(C)c1.[H-].[H-].[Mg+2]. The summed E-state index contributed by atoms with van der Waals surface area (Å²) < 4.78 is 1.39. The van der Waals surface area contributed by atoms with Gasteiger partial charge in [-0.2, -0.15) is 0 Å². The van der Waals surface area contributed by atoms with Crippen LogP contribution in [-0.4, -0.2) is 23.1 Å². The van der Waals surface area contributed by atoms with E-state index in [4.69, 9.17) is 0 Å². The zero-order valence-corrected chi connectivity index (χ0v) is 10.8. The summed E-state index contributed by atoms with van der Waals surface area (Å²) in [5.74, 6) is 0. The fraction of sp³-hybridized carbons (Fsp3) is 0.333. The Hall–Kier alpha value is 0.716. The predicted octanol–water partition coefficient (Wildman–Crippen LogP) is 3.06. The van der Waals surface area contributed by atoms with Crippen molar-refractivity contribution >= 4 is 45.6 Å². The molecule has 0 unspecified atom stereocenters. The Labute approximate surface area is 101 Å². The molecule has 1 aromatic carbocycles. The quantitative estimate of drug-likeness (QED) is 0.503. The molecule has 0 radical (unpaired) electrons. The van der Waals surface area contributed by atoms with Gasteiger partial charge in [-0.05, 0) is 54.5 Å². The molecule has 0 saturated carbocycles. The fourth-order valence-electron chi connectivity index (χ4n) is 1.16. The van der Waals surface area contributed by atoms with Crippen molar-refractivity contribution in [3.8, 4) is 0 Å². The first-order valence-electron chi connectivity index (χ1n) is 3.34. The van der Waals surface area contributed by atoms with Gasteiger partial charge in [0.15, 0.2) is 0 Å². The molecule has 0 nitrogen and oxygen atoms in total. The van der Waals surface area contributed by atoms with Crippen molar-refractivity contribution in [1.29, 1.82) is 0 Å². The van der Waals surface area contributed by atoms with E-state index in [0.29, 0.717) is 0 Å². The van der Waals surface area contributed by atoms with Crippen molar-refractivity contribution in [2.24, 2.45) is 0 Å². The van der Waals surface area contributed by atoms with Crippen molar-refractivity contribution in [2.75, 3.05) is 0 Å². The van der Waals surface area contributed by atoms with E-state index < -0.39 is 0 Å². The number of benzene rings is 1. The molecule has 0 saturated heterocycles. The summed E-state index contributed by atoms with van der Waals surface area (Å²) in [7, 11) is 0. The van der Waals surface area contributed by atoms with E-state index in [2.05, 4.69) is 55.5 Å². The summed E-state index contributed by atoms with van der Waals surface area (Å²) >= 11 is 2.39. The maximum absolute atomic E-state index is 2.39. The standard InChI is InChI=1S/C9H11I.Mg.2H/c1-6-4-7(2)9(10)8(3)5-6;;;/h4-5H,1-3H3;;;/q;+2;2*-1. The summed E-state index contributed by atoms with van der Waals surface area (Å²) in [6.07, 6.45) is 0. The van der Waals surface area contributed by atoms with Crippen LogP contribution in [0.5, 0.6) is 0 Å². The molecule has 1 aromatic rings. The van der Waals surface area contributed by atoms with E-state index in [1.54, 1.807) is 0 Å². The first-order chi connectivity index (χ1) is 4.61. The average molecular weight is 272 g/mol. The monoisotopic (exact) mass is 272 g/mol. The number of aryl methyl sites for hydroxylation is 3. The Bertz CT molecular complexity index is 241. The summed E-state index contributed by atoms with van der Waals surface area (Å²) in [5, 5.41) is 0. The van der Waals surface area contributed by atoms with E-state index in [-0.39, 0.29) is 25.9 Å². The minimum Gasteiger partial charge on any atom is -1.00 e. The van der Waals surface area contributed by atoms with Crippen LogP contribution in [0.25, 0.3) is 0 Å². The van der Waals surface area contributed by atoms with Gasteiger partial charge < -0.3 is 2.85 Å². The van der Waals surface area contributed by atoms with E-state index >= 15 is 0 Å². The van der Waals surface area contributed by atoms with Crippen molar-refractivity contribution in [3.05, 3.63) is 32.4 Å². The number of halogens is 1. The molecule has 0 aromatic heterocycles. The second-order valence-electron chi connectivity index (χ2n) is 2.71. The van der Waals surface area contributed by atoms with Crippen molar-refractivity contribution in [2.45, 2.75) is 20.8 Å². The Morgan fingerprint density at radius 2 is 1.45 bits per heavy atom. The first-order valence-corrected chi connectivity index (χ1v) is 4.42. The molecule has 58 valence electrons. The van der Waals surface area contributed by atoms with Gasteiger partial charge in [0.05, 0.1) is 0 Å². The molecule has 0 heterocycles. The first kappa shape index (κ1) is 11.7. The van der Waals surface area contributed by atoms with Gasteiger partial charge in [0.2, 0.25) is 0 Å². The second kappa shape index (κ2) is 4.67. The molecule has 0 N–H and O–H groups in total. The molecular formula is C9H13IMg. The van der Waals surface area contributed by atoms with E-state index in [1.807, 2.05) is 0 Å². The van der Waals surface area contributed by atoms with Crippen LogP contribution < -0.4 is 0 Å². The maximum atomic E-state index is 2.39. The Balaban J connectivity index is -0.000000333. The van der Waals surface area contributed by atoms with E-state index in [1.165, 1.54) is 20.3 Å². The molecule has 0 fully saturated rings. The molecule has 2 heteroatoms. The molecule has 0 spiro atoms. The molecule has 11 heavy (non-hydrogen) atoms. The molecule has 0 atom stereocenters. The minimum atomic E-state index is 0. The molecular weight excluding hydrogens is 259 g/mol. The molecule has 0 aliphatic heterocycles. The van der Waals surface area contributed by atoms with Crippen LogP contribution in [0, 0.1) is 24.3 Å². The number of hydrogen-bond donors (Lipinski definition) is 0. The third-order valence-corrected chi connectivity index (χ3v) is 3.28. The van der Waals surface area contributed by atoms with Crippen molar-refractivity contribution in [3.63, 3.8) is 0 Å². The Morgan fingerprint density at radius 1 is 1.09 bits per heavy atom. The molecule has 0 bridgehead atoms. The van der Waals surface area contributed by atoms with Crippen LogP contribution >= 0.6 is 22.6 Å². The molecule has 0 aliphatic carbocycles. The number of rotatable bonds is 0. The third kappa shape index (κ3) is 2.91. The minimum absolute atomic E-state index is 0. The van der Waals surface area contributed by atoms with E-state index in [0.717, 1.165) is 0 Å². The third-order valence-electron chi connectivity index (χ3n) is 1.58. The largest absolute Gasteiger partial charge is 2.00 e. The summed E-state index contributed by atoms with van der Waals surface area (Å²) in [6.45, 7) is 6.44. The zero-order valence-electron chi connectivity index (χ0n) is 9.24.